The van der Waals surface area contributed by atoms with Crippen molar-refractivity contribution in [3.63, 3.8) is 0 Å². The summed E-state index contributed by atoms with van der Waals surface area (Å²) in [7, 11) is 1.68. The van der Waals surface area contributed by atoms with Crippen molar-refractivity contribution in [2.24, 2.45) is 0 Å². The molecular weight excluding hydrogens is 246 g/mol. The maximum Gasteiger partial charge on any atom is 0.118 e. The molecule has 0 saturated heterocycles. The molecule has 0 aliphatic carbocycles. The van der Waals surface area contributed by atoms with Crippen LogP contribution in [0.4, 0.5) is 0 Å². The maximum absolute atomic E-state index is 6.49. The van der Waals surface area contributed by atoms with Gasteiger partial charge < -0.3 is 9.64 Å². The van der Waals surface area contributed by atoms with Gasteiger partial charge in [0.15, 0.2) is 0 Å². The summed E-state index contributed by atoms with van der Waals surface area (Å²) in [5, 5.41) is 0.0500. The molecule has 1 aromatic carbocycles. The van der Waals surface area contributed by atoms with Gasteiger partial charge in [0.05, 0.1) is 12.5 Å². The van der Waals surface area contributed by atoms with E-state index in [0.717, 1.165) is 30.9 Å². The molecule has 0 spiro atoms. The van der Waals surface area contributed by atoms with Crippen molar-refractivity contribution in [1.82, 2.24) is 4.90 Å². The van der Waals surface area contributed by atoms with Crippen LogP contribution in [0.3, 0.4) is 0 Å². The first kappa shape index (κ1) is 15.3. The highest BCUT2D eigenvalue weighted by molar-refractivity contribution is 6.21. The van der Waals surface area contributed by atoms with E-state index in [1.54, 1.807) is 7.11 Å². The van der Waals surface area contributed by atoms with Gasteiger partial charge >= 0.3 is 0 Å². The van der Waals surface area contributed by atoms with Gasteiger partial charge in [-0.05, 0) is 43.6 Å². The van der Waals surface area contributed by atoms with Crippen molar-refractivity contribution in [1.29, 1.82) is 0 Å². The zero-order valence-electron chi connectivity index (χ0n) is 11.7. The van der Waals surface area contributed by atoms with E-state index < -0.39 is 0 Å². The molecule has 0 bridgehead atoms. The Bertz CT molecular complexity index is 320. The van der Waals surface area contributed by atoms with Gasteiger partial charge in [0.1, 0.15) is 5.75 Å². The standard InChI is InChI=1S/C15H24ClNO/c1-4-10-17(11-5-2)12-15(16)13-6-8-14(18-3)9-7-13/h6-9,15H,4-5,10-12H2,1-3H3. The molecule has 1 aromatic rings. The molecule has 2 nitrogen and oxygen atoms in total. The molecule has 0 aliphatic rings. The zero-order valence-corrected chi connectivity index (χ0v) is 12.4. The van der Waals surface area contributed by atoms with E-state index in [9.17, 15) is 0 Å². The van der Waals surface area contributed by atoms with Crippen LogP contribution in [0.2, 0.25) is 0 Å². The predicted molar refractivity (Wildman–Crippen MR) is 78.6 cm³/mol. The Labute approximate surface area is 116 Å². The number of hydrogen-bond acceptors (Lipinski definition) is 2. The SMILES string of the molecule is CCCN(CCC)CC(Cl)c1ccc(OC)cc1. The summed E-state index contributed by atoms with van der Waals surface area (Å²) in [4.78, 5) is 2.43. The summed E-state index contributed by atoms with van der Waals surface area (Å²) in [6, 6.07) is 8.03. The Morgan fingerprint density at radius 1 is 1.11 bits per heavy atom. The summed E-state index contributed by atoms with van der Waals surface area (Å²) in [5.41, 5.74) is 1.16. The highest BCUT2D eigenvalue weighted by Gasteiger charge is 2.12. The molecule has 1 rings (SSSR count). The Morgan fingerprint density at radius 3 is 2.11 bits per heavy atom. The van der Waals surface area contributed by atoms with E-state index in [1.165, 1.54) is 12.8 Å². The number of ether oxygens (including phenoxy) is 1. The first-order chi connectivity index (χ1) is 8.71. The van der Waals surface area contributed by atoms with Gasteiger partial charge in [0.25, 0.3) is 0 Å². The highest BCUT2D eigenvalue weighted by Crippen LogP contribution is 2.24. The molecular formula is C15H24ClNO. The molecule has 0 radical (unpaired) electrons. The van der Waals surface area contributed by atoms with E-state index >= 15 is 0 Å². The minimum Gasteiger partial charge on any atom is -0.497 e. The Hall–Kier alpha value is -0.730. The van der Waals surface area contributed by atoms with E-state index in [2.05, 4.69) is 18.7 Å². The molecule has 1 atom stereocenters. The number of halogens is 1. The lowest BCUT2D eigenvalue weighted by atomic mass is 10.1. The smallest absolute Gasteiger partial charge is 0.118 e. The summed E-state index contributed by atoms with van der Waals surface area (Å²) < 4.78 is 5.15. The van der Waals surface area contributed by atoms with Gasteiger partial charge in [0, 0.05) is 6.54 Å². The van der Waals surface area contributed by atoms with Crippen LogP contribution in [0.15, 0.2) is 24.3 Å². The quantitative estimate of drug-likeness (QED) is 0.659. The molecule has 0 aromatic heterocycles. The lowest BCUT2D eigenvalue weighted by molar-refractivity contribution is 0.275. The molecule has 0 aliphatic heterocycles. The molecule has 0 fully saturated rings. The molecule has 3 heteroatoms. The largest absolute Gasteiger partial charge is 0.497 e. The van der Waals surface area contributed by atoms with Crippen molar-refractivity contribution in [3.05, 3.63) is 29.8 Å². The zero-order chi connectivity index (χ0) is 13.4. The molecule has 0 saturated carbocycles. The minimum absolute atomic E-state index is 0.0500. The molecule has 18 heavy (non-hydrogen) atoms. The van der Waals surface area contributed by atoms with Crippen molar-refractivity contribution in [2.75, 3.05) is 26.7 Å². The van der Waals surface area contributed by atoms with Crippen LogP contribution in [0.1, 0.15) is 37.6 Å². The number of methoxy groups -OCH3 is 1. The molecule has 0 N–H and O–H groups in total. The second-order valence-corrected chi connectivity index (χ2v) is 5.07. The van der Waals surface area contributed by atoms with Crippen molar-refractivity contribution < 1.29 is 4.74 Å². The van der Waals surface area contributed by atoms with E-state index in [1.807, 2.05) is 24.3 Å². The normalized spacial score (nSPS) is 12.7. The van der Waals surface area contributed by atoms with Gasteiger partial charge in [-0.25, -0.2) is 0 Å². The van der Waals surface area contributed by atoms with E-state index in [4.69, 9.17) is 16.3 Å². The predicted octanol–water partition coefficient (Wildman–Crippen LogP) is 4.10. The van der Waals surface area contributed by atoms with Crippen molar-refractivity contribution in [3.8, 4) is 5.75 Å². The summed E-state index contributed by atoms with van der Waals surface area (Å²) in [5.74, 6) is 0.876. The second-order valence-electron chi connectivity index (χ2n) is 4.54. The third kappa shape index (κ3) is 4.87. The van der Waals surface area contributed by atoms with Gasteiger partial charge in [-0.2, -0.15) is 0 Å². The van der Waals surface area contributed by atoms with Gasteiger partial charge in [-0.1, -0.05) is 26.0 Å². The van der Waals surface area contributed by atoms with Crippen molar-refractivity contribution in [2.45, 2.75) is 32.1 Å². The molecule has 0 heterocycles. The average Bonchev–Trinajstić information content (AvgIpc) is 2.39. The summed E-state index contributed by atoms with van der Waals surface area (Å²) >= 11 is 6.49. The fourth-order valence-electron chi connectivity index (χ4n) is 2.07. The second kappa shape index (κ2) is 8.39. The lowest BCUT2D eigenvalue weighted by Crippen LogP contribution is -2.28. The van der Waals surface area contributed by atoms with Crippen molar-refractivity contribution >= 4 is 11.6 Å². The van der Waals surface area contributed by atoms with Crippen LogP contribution in [-0.4, -0.2) is 31.6 Å². The molecule has 1 unspecified atom stereocenters. The fraction of sp³-hybridized carbons (Fsp3) is 0.600. The van der Waals surface area contributed by atoms with Crippen LogP contribution in [-0.2, 0) is 0 Å². The highest BCUT2D eigenvalue weighted by atomic mass is 35.5. The summed E-state index contributed by atoms with van der Waals surface area (Å²) in [6.07, 6.45) is 2.35. The fourth-order valence-corrected chi connectivity index (χ4v) is 2.41. The number of rotatable bonds is 8. The van der Waals surface area contributed by atoms with Crippen LogP contribution in [0.5, 0.6) is 5.75 Å². The topological polar surface area (TPSA) is 12.5 Å². The maximum atomic E-state index is 6.49. The van der Waals surface area contributed by atoms with E-state index in [-0.39, 0.29) is 5.38 Å². The number of nitrogens with zero attached hydrogens (tertiary/aromatic N) is 1. The third-order valence-corrected chi connectivity index (χ3v) is 3.37. The number of alkyl halides is 1. The van der Waals surface area contributed by atoms with Gasteiger partial charge in [-0.15, -0.1) is 11.6 Å². The molecule has 0 amide bonds. The van der Waals surface area contributed by atoms with E-state index in [0.29, 0.717) is 0 Å². The first-order valence-electron chi connectivity index (χ1n) is 6.71. The minimum atomic E-state index is 0.0500. The van der Waals surface area contributed by atoms with Crippen LogP contribution < -0.4 is 4.74 Å². The number of hydrogen-bond donors (Lipinski definition) is 0. The van der Waals surface area contributed by atoms with Gasteiger partial charge in [-0.3, -0.25) is 0 Å². The first-order valence-corrected chi connectivity index (χ1v) is 7.15. The third-order valence-electron chi connectivity index (χ3n) is 2.98. The molecule has 102 valence electrons. The average molecular weight is 270 g/mol. The monoisotopic (exact) mass is 269 g/mol. The Morgan fingerprint density at radius 2 is 1.67 bits per heavy atom. The summed E-state index contributed by atoms with van der Waals surface area (Å²) in [6.45, 7) is 7.56. The Kier molecular flexibility index (Phi) is 7.14. The lowest BCUT2D eigenvalue weighted by Gasteiger charge is -2.24. The van der Waals surface area contributed by atoms with Crippen LogP contribution >= 0.6 is 11.6 Å². The number of benzene rings is 1. The van der Waals surface area contributed by atoms with Crippen LogP contribution in [0.25, 0.3) is 0 Å². The van der Waals surface area contributed by atoms with Gasteiger partial charge in [0.2, 0.25) is 0 Å². The van der Waals surface area contributed by atoms with Crippen LogP contribution in [0, 0.1) is 0 Å². The Balaban J connectivity index is 2.58.